The third-order valence-electron chi connectivity index (χ3n) is 4.67. The van der Waals surface area contributed by atoms with Crippen LogP contribution in [0.25, 0.3) is 0 Å². The van der Waals surface area contributed by atoms with Crippen LogP contribution in [-0.2, 0) is 19.1 Å². The van der Waals surface area contributed by atoms with Crippen molar-refractivity contribution in [3.63, 3.8) is 0 Å². The highest BCUT2D eigenvalue weighted by Gasteiger charge is 2.32. The number of benzene rings is 1. The number of alkyl halides is 3. The van der Waals surface area contributed by atoms with Crippen LogP contribution in [0.3, 0.4) is 0 Å². The summed E-state index contributed by atoms with van der Waals surface area (Å²) in [5.74, 6) is 0.914. The van der Waals surface area contributed by atoms with Gasteiger partial charge in [0.2, 0.25) is 0 Å². The number of hydrogen-bond donors (Lipinski definition) is 0. The van der Waals surface area contributed by atoms with Crippen LogP contribution in [0.2, 0.25) is 0 Å². The molecule has 0 amide bonds. The van der Waals surface area contributed by atoms with Crippen molar-refractivity contribution in [2.75, 3.05) is 6.54 Å². The van der Waals surface area contributed by atoms with Gasteiger partial charge in [0.25, 0.3) is 0 Å². The number of rotatable bonds is 4. The first-order valence-corrected chi connectivity index (χ1v) is 8.25. The van der Waals surface area contributed by atoms with Crippen molar-refractivity contribution in [2.24, 2.45) is 0 Å². The molecule has 24 heavy (non-hydrogen) atoms. The van der Waals surface area contributed by atoms with Crippen molar-refractivity contribution in [1.29, 1.82) is 0 Å². The number of aromatic nitrogens is 1. The highest BCUT2D eigenvalue weighted by Crippen LogP contribution is 2.37. The summed E-state index contributed by atoms with van der Waals surface area (Å²) < 4.78 is 43.4. The maximum absolute atomic E-state index is 12.7. The molecule has 1 aromatic carbocycles. The Hall–Kier alpha value is -1.82. The maximum Gasteiger partial charge on any atom is 0.416 e. The predicted molar refractivity (Wildman–Crippen MR) is 84.4 cm³/mol. The van der Waals surface area contributed by atoms with Gasteiger partial charge in [-0.25, -0.2) is 0 Å². The molecular formula is C18H21F3N2O. The minimum Gasteiger partial charge on any atom is -0.361 e. The zero-order chi connectivity index (χ0) is 17.3. The summed E-state index contributed by atoms with van der Waals surface area (Å²) in [5, 5.41) is 4.09. The Morgan fingerprint density at radius 2 is 1.96 bits per heavy atom. The van der Waals surface area contributed by atoms with E-state index in [0.29, 0.717) is 6.54 Å². The normalized spacial score (nSPS) is 19.1. The summed E-state index contributed by atoms with van der Waals surface area (Å²) in [6.07, 6.45) is -1.40. The molecule has 1 unspecified atom stereocenters. The first kappa shape index (κ1) is 17.0. The van der Waals surface area contributed by atoms with Crippen LogP contribution in [0.1, 0.15) is 54.0 Å². The fourth-order valence-corrected chi connectivity index (χ4v) is 3.48. The van der Waals surface area contributed by atoms with Gasteiger partial charge in [0, 0.05) is 24.6 Å². The molecule has 1 aliphatic rings. The molecule has 0 N–H and O–H groups in total. The van der Waals surface area contributed by atoms with E-state index in [1.54, 1.807) is 12.1 Å². The van der Waals surface area contributed by atoms with Crippen LogP contribution < -0.4 is 0 Å². The average Bonchev–Trinajstić information content (AvgIpc) is 3.12. The van der Waals surface area contributed by atoms with Crippen molar-refractivity contribution >= 4 is 0 Å². The third kappa shape index (κ3) is 3.34. The molecule has 0 spiro atoms. The average molecular weight is 338 g/mol. The Balaban J connectivity index is 1.78. The molecule has 1 aliphatic heterocycles. The fraction of sp³-hybridized carbons (Fsp3) is 0.500. The second-order valence-corrected chi connectivity index (χ2v) is 6.28. The monoisotopic (exact) mass is 338 g/mol. The van der Waals surface area contributed by atoms with Crippen molar-refractivity contribution in [1.82, 2.24) is 10.1 Å². The van der Waals surface area contributed by atoms with Crippen LogP contribution in [0.15, 0.2) is 28.8 Å². The zero-order valence-electron chi connectivity index (χ0n) is 13.9. The molecule has 3 rings (SSSR count). The van der Waals surface area contributed by atoms with Gasteiger partial charge in [-0.3, -0.25) is 4.90 Å². The van der Waals surface area contributed by atoms with Gasteiger partial charge in [0.1, 0.15) is 5.76 Å². The van der Waals surface area contributed by atoms with E-state index in [0.717, 1.165) is 60.5 Å². The third-order valence-corrected chi connectivity index (χ3v) is 4.67. The maximum atomic E-state index is 12.7. The van der Waals surface area contributed by atoms with E-state index >= 15 is 0 Å². The van der Waals surface area contributed by atoms with E-state index < -0.39 is 11.7 Å². The van der Waals surface area contributed by atoms with Crippen LogP contribution in [0.5, 0.6) is 0 Å². The van der Waals surface area contributed by atoms with Crippen LogP contribution in [0.4, 0.5) is 13.2 Å². The van der Waals surface area contributed by atoms with E-state index in [2.05, 4.69) is 10.1 Å². The summed E-state index contributed by atoms with van der Waals surface area (Å²) >= 11 is 0. The molecule has 2 heterocycles. The second kappa shape index (κ2) is 6.59. The molecule has 3 nitrogen and oxygen atoms in total. The van der Waals surface area contributed by atoms with Crippen molar-refractivity contribution < 1.29 is 17.7 Å². The molecule has 1 aromatic heterocycles. The van der Waals surface area contributed by atoms with Gasteiger partial charge >= 0.3 is 6.18 Å². The Morgan fingerprint density at radius 1 is 1.25 bits per heavy atom. The Morgan fingerprint density at radius 3 is 2.58 bits per heavy atom. The molecule has 1 atom stereocenters. The van der Waals surface area contributed by atoms with Crippen LogP contribution >= 0.6 is 0 Å². The van der Waals surface area contributed by atoms with Gasteiger partial charge in [-0.05, 0) is 44.0 Å². The number of halogens is 3. The van der Waals surface area contributed by atoms with Crippen molar-refractivity contribution in [3.05, 3.63) is 52.4 Å². The van der Waals surface area contributed by atoms with Gasteiger partial charge in [-0.15, -0.1) is 0 Å². The molecule has 0 radical (unpaired) electrons. The molecule has 0 aliphatic carbocycles. The summed E-state index contributed by atoms with van der Waals surface area (Å²) in [7, 11) is 0. The van der Waals surface area contributed by atoms with E-state index in [4.69, 9.17) is 4.52 Å². The minimum absolute atomic E-state index is 0.230. The molecule has 2 aromatic rings. The van der Waals surface area contributed by atoms with E-state index in [1.165, 1.54) is 0 Å². The predicted octanol–water partition coefficient (Wildman–Crippen LogP) is 4.90. The van der Waals surface area contributed by atoms with Crippen LogP contribution in [0, 0.1) is 6.92 Å². The van der Waals surface area contributed by atoms with Crippen molar-refractivity contribution in [3.8, 4) is 0 Å². The molecule has 0 saturated carbocycles. The zero-order valence-corrected chi connectivity index (χ0v) is 13.9. The number of hydrogen-bond acceptors (Lipinski definition) is 3. The first-order valence-electron chi connectivity index (χ1n) is 8.25. The molecule has 6 heteroatoms. The standard InChI is InChI=1S/C18H21F3N2O/c1-3-16-17(12(2)22-24-16)15-5-4-10-23(15)11-13-6-8-14(9-7-13)18(19,20)21/h6-9,15H,3-5,10-11H2,1-2H3. The SMILES string of the molecule is CCc1onc(C)c1C1CCCN1Cc1ccc(C(F)(F)F)cc1. The van der Waals surface area contributed by atoms with Crippen LogP contribution in [-0.4, -0.2) is 16.6 Å². The lowest BCUT2D eigenvalue weighted by molar-refractivity contribution is -0.137. The molecule has 0 bridgehead atoms. The van der Waals surface area contributed by atoms with Gasteiger partial charge < -0.3 is 4.52 Å². The lowest BCUT2D eigenvalue weighted by Gasteiger charge is -2.25. The Kier molecular flexibility index (Phi) is 4.67. The lowest BCUT2D eigenvalue weighted by Crippen LogP contribution is -2.23. The van der Waals surface area contributed by atoms with Gasteiger partial charge in [0.15, 0.2) is 0 Å². The Bertz CT molecular complexity index is 691. The summed E-state index contributed by atoms with van der Waals surface area (Å²) in [4.78, 5) is 2.31. The van der Waals surface area contributed by atoms with Crippen molar-refractivity contribution in [2.45, 2.75) is 51.9 Å². The topological polar surface area (TPSA) is 29.3 Å². The van der Waals surface area contributed by atoms with Gasteiger partial charge in [-0.2, -0.15) is 13.2 Å². The summed E-state index contributed by atoms with van der Waals surface area (Å²) in [5.41, 5.74) is 2.35. The second-order valence-electron chi connectivity index (χ2n) is 6.28. The number of likely N-dealkylation sites (tertiary alicyclic amines) is 1. The quantitative estimate of drug-likeness (QED) is 0.794. The number of nitrogens with zero attached hydrogens (tertiary/aromatic N) is 2. The Labute approximate surface area is 139 Å². The fourth-order valence-electron chi connectivity index (χ4n) is 3.48. The molecule has 130 valence electrons. The summed E-state index contributed by atoms with van der Waals surface area (Å²) in [6, 6.07) is 5.68. The lowest BCUT2D eigenvalue weighted by atomic mass is 10.0. The highest BCUT2D eigenvalue weighted by atomic mass is 19.4. The highest BCUT2D eigenvalue weighted by molar-refractivity contribution is 5.28. The largest absolute Gasteiger partial charge is 0.416 e. The molecule has 1 saturated heterocycles. The smallest absolute Gasteiger partial charge is 0.361 e. The minimum atomic E-state index is -4.29. The first-order chi connectivity index (χ1) is 11.4. The van der Waals surface area contributed by atoms with E-state index in [9.17, 15) is 13.2 Å². The molecule has 1 fully saturated rings. The summed E-state index contributed by atoms with van der Waals surface area (Å²) in [6.45, 7) is 5.56. The van der Waals surface area contributed by atoms with E-state index in [-0.39, 0.29) is 6.04 Å². The van der Waals surface area contributed by atoms with E-state index in [1.807, 2.05) is 13.8 Å². The van der Waals surface area contributed by atoms with Gasteiger partial charge in [0.05, 0.1) is 11.3 Å². The van der Waals surface area contributed by atoms with Gasteiger partial charge in [-0.1, -0.05) is 24.2 Å². The number of aryl methyl sites for hydroxylation is 2. The molecular weight excluding hydrogens is 317 g/mol.